The number of carbonyl (C=O) groups is 1. The average molecular weight is 421 g/mol. The Kier molecular flexibility index (Phi) is 6.39. The van der Waals surface area contributed by atoms with Gasteiger partial charge in [0.05, 0.1) is 7.11 Å². The van der Waals surface area contributed by atoms with Gasteiger partial charge in [-0.1, -0.05) is 36.0 Å². The number of anilines is 3. The molecule has 0 saturated heterocycles. The minimum atomic E-state index is -0.0948. The summed E-state index contributed by atoms with van der Waals surface area (Å²) in [5, 5.41) is 8.47. The van der Waals surface area contributed by atoms with Crippen LogP contribution in [-0.4, -0.2) is 23.6 Å². The lowest BCUT2D eigenvalue weighted by Gasteiger charge is -2.12. The number of hydrazone groups is 1. The normalized spacial score (nSPS) is 13.6. The lowest BCUT2D eigenvalue weighted by molar-refractivity contribution is 0.104. The first-order chi connectivity index (χ1) is 14.7. The zero-order valence-corrected chi connectivity index (χ0v) is 17.7. The first-order valence-electron chi connectivity index (χ1n) is 10.1. The van der Waals surface area contributed by atoms with Crippen LogP contribution in [0.4, 0.5) is 16.6 Å². The Labute approximate surface area is 180 Å². The van der Waals surface area contributed by atoms with Gasteiger partial charge in [-0.25, -0.2) is 4.98 Å². The van der Waals surface area contributed by atoms with E-state index in [-0.39, 0.29) is 5.78 Å². The van der Waals surface area contributed by atoms with E-state index >= 15 is 0 Å². The van der Waals surface area contributed by atoms with Crippen molar-refractivity contribution in [1.82, 2.24) is 4.98 Å². The molecule has 1 aromatic heterocycles. The third kappa shape index (κ3) is 4.86. The van der Waals surface area contributed by atoms with E-state index in [9.17, 15) is 4.79 Å². The van der Waals surface area contributed by atoms with Gasteiger partial charge in [0.25, 0.3) is 0 Å². The fourth-order valence-corrected chi connectivity index (χ4v) is 4.22. The van der Waals surface area contributed by atoms with Crippen LogP contribution in [0.5, 0.6) is 5.75 Å². The first kappa shape index (κ1) is 20.1. The van der Waals surface area contributed by atoms with Gasteiger partial charge in [0.2, 0.25) is 5.78 Å². The van der Waals surface area contributed by atoms with Crippen LogP contribution in [0.3, 0.4) is 0 Å². The molecule has 0 bridgehead atoms. The number of ketones is 1. The summed E-state index contributed by atoms with van der Waals surface area (Å²) in [6, 6.07) is 16.9. The van der Waals surface area contributed by atoms with E-state index in [4.69, 9.17) is 4.74 Å². The Morgan fingerprint density at radius 3 is 2.47 bits per heavy atom. The van der Waals surface area contributed by atoms with Crippen molar-refractivity contribution >= 4 is 39.5 Å². The SMILES string of the molecule is COc1ccc(C(=O)c2sc(Nc3ccccc3)nc2NN=C2CCCCC2)cc1. The molecule has 1 fully saturated rings. The molecule has 2 N–H and O–H groups in total. The number of rotatable bonds is 7. The summed E-state index contributed by atoms with van der Waals surface area (Å²) in [5.74, 6) is 1.10. The van der Waals surface area contributed by atoms with E-state index in [1.165, 1.54) is 17.8 Å². The molecule has 7 heteroatoms. The lowest BCUT2D eigenvalue weighted by atomic mass is 9.99. The fourth-order valence-electron chi connectivity index (χ4n) is 3.33. The quantitative estimate of drug-likeness (QED) is 0.370. The van der Waals surface area contributed by atoms with Gasteiger partial charge < -0.3 is 10.1 Å². The summed E-state index contributed by atoms with van der Waals surface area (Å²) >= 11 is 1.32. The summed E-state index contributed by atoms with van der Waals surface area (Å²) in [4.78, 5) is 18.3. The number of thiazole rings is 1. The van der Waals surface area contributed by atoms with Crippen LogP contribution in [0.1, 0.15) is 47.3 Å². The van der Waals surface area contributed by atoms with E-state index < -0.39 is 0 Å². The molecule has 1 aliphatic carbocycles. The minimum Gasteiger partial charge on any atom is -0.497 e. The van der Waals surface area contributed by atoms with Gasteiger partial charge in [-0.3, -0.25) is 10.2 Å². The molecular formula is C23H24N4O2S. The number of nitrogens with zero attached hydrogens (tertiary/aromatic N) is 2. The van der Waals surface area contributed by atoms with Crippen molar-refractivity contribution in [3.63, 3.8) is 0 Å². The molecule has 1 saturated carbocycles. The van der Waals surface area contributed by atoms with Crippen molar-refractivity contribution in [3.8, 4) is 5.75 Å². The highest BCUT2D eigenvalue weighted by Gasteiger charge is 2.20. The Bertz CT molecular complexity index is 1020. The van der Waals surface area contributed by atoms with Gasteiger partial charge >= 0.3 is 0 Å². The van der Waals surface area contributed by atoms with Gasteiger partial charge in [-0.05, 0) is 62.1 Å². The van der Waals surface area contributed by atoms with Crippen LogP contribution in [0.2, 0.25) is 0 Å². The lowest BCUT2D eigenvalue weighted by Crippen LogP contribution is -2.09. The van der Waals surface area contributed by atoms with Gasteiger partial charge in [-0.2, -0.15) is 5.10 Å². The van der Waals surface area contributed by atoms with Crippen molar-refractivity contribution in [3.05, 3.63) is 65.0 Å². The molecule has 0 amide bonds. The number of benzene rings is 2. The Morgan fingerprint density at radius 2 is 1.77 bits per heavy atom. The standard InChI is InChI=1S/C23H24N4O2S/c1-29-19-14-12-16(13-15-19)20(28)21-22(27-26-18-10-6-3-7-11-18)25-23(30-21)24-17-8-4-2-5-9-17/h2,4-5,8-9,12-15,27H,3,6-7,10-11H2,1H3,(H,24,25). The predicted molar refractivity (Wildman–Crippen MR) is 122 cm³/mol. The number of ether oxygens (including phenoxy) is 1. The number of hydrogen-bond acceptors (Lipinski definition) is 7. The summed E-state index contributed by atoms with van der Waals surface area (Å²) < 4.78 is 5.19. The molecule has 2 aromatic carbocycles. The number of nitrogens with one attached hydrogen (secondary N) is 2. The summed E-state index contributed by atoms with van der Waals surface area (Å²) in [5.41, 5.74) is 5.70. The topological polar surface area (TPSA) is 75.6 Å². The molecule has 0 spiro atoms. The second-order valence-electron chi connectivity index (χ2n) is 7.10. The Morgan fingerprint density at radius 1 is 1.03 bits per heavy atom. The third-order valence-electron chi connectivity index (χ3n) is 4.96. The Balaban J connectivity index is 1.62. The maximum absolute atomic E-state index is 13.2. The molecule has 30 heavy (non-hydrogen) atoms. The fraction of sp³-hybridized carbons (Fsp3) is 0.261. The molecule has 154 valence electrons. The van der Waals surface area contributed by atoms with Gasteiger partial charge in [-0.15, -0.1) is 0 Å². The van der Waals surface area contributed by atoms with E-state index in [2.05, 4.69) is 20.8 Å². The molecule has 1 aliphatic rings. The van der Waals surface area contributed by atoms with Crippen LogP contribution >= 0.6 is 11.3 Å². The maximum Gasteiger partial charge on any atom is 0.206 e. The van der Waals surface area contributed by atoms with Crippen molar-refractivity contribution in [2.75, 3.05) is 17.9 Å². The monoisotopic (exact) mass is 420 g/mol. The smallest absolute Gasteiger partial charge is 0.206 e. The van der Waals surface area contributed by atoms with Crippen LogP contribution in [0.25, 0.3) is 0 Å². The van der Waals surface area contributed by atoms with Crippen LogP contribution in [0, 0.1) is 0 Å². The molecular weight excluding hydrogens is 396 g/mol. The van der Waals surface area contributed by atoms with Crippen molar-refractivity contribution in [1.29, 1.82) is 0 Å². The summed E-state index contributed by atoms with van der Waals surface area (Å²) in [6.45, 7) is 0. The molecule has 6 nitrogen and oxygen atoms in total. The number of carbonyl (C=O) groups excluding carboxylic acids is 1. The molecule has 1 heterocycles. The zero-order chi connectivity index (χ0) is 20.8. The van der Waals surface area contributed by atoms with Crippen molar-refractivity contribution < 1.29 is 9.53 Å². The molecule has 0 radical (unpaired) electrons. The van der Waals surface area contributed by atoms with Crippen molar-refractivity contribution in [2.24, 2.45) is 5.10 Å². The second-order valence-corrected chi connectivity index (χ2v) is 8.09. The number of para-hydroxylation sites is 1. The van der Waals surface area contributed by atoms with E-state index in [1.54, 1.807) is 31.4 Å². The molecule has 4 rings (SSSR count). The zero-order valence-electron chi connectivity index (χ0n) is 16.9. The molecule has 0 aliphatic heterocycles. The van der Waals surface area contributed by atoms with E-state index in [1.807, 2.05) is 30.3 Å². The minimum absolute atomic E-state index is 0.0948. The summed E-state index contributed by atoms with van der Waals surface area (Å²) in [6.07, 6.45) is 5.57. The van der Waals surface area contributed by atoms with Gasteiger partial charge in [0, 0.05) is 17.0 Å². The van der Waals surface area contributed by atoms with Crippen LogP contribution in [0.15, 0.2) is 59.7 Å². The maximum atomic E-state index is 13.2. The number of methoxy groups -OCH3 is 1. The van der Waals surface area contributed by atoms with Crippen LogP contribution in [-0.2, 0) is 0 Å². The molecule has 3 aromatic rings. The second kappa shape index (κ2) is 9.54. The van der Waals surface area contributed by atoms with E-state index in [0.29, 0.717) is 27.1 Å². The molecule has 0 atom stereocenters. The largest absolute Gasteiger partial charge is 0.497 e. The Hall–Kier alpha value is -3.19. The first-order valence-corrected chi connectivity index (χ1v) is 10.9. The predicted octanol–water partition coefficient (Wildman–Crippen LogP) is 5.86. The van der Waals surface area contributed by atoms with Gasteiger partial charge in [0.15, 0.2) is 10.9 Å². The summed E-state index contributed by atoms with van der Waals surface area (Å²) in [7, 11) is 1.61. The van der Waals surface area contributed by atoms with E-state index in [0.717, 1.165) is 37.1 Å². The highest BCUT2D eigenvalue weighted by Crippen LogP contribution is 2.32. The average Bonchev–Trinajstić information content (AvgIpc) is 3.21. The van der Waals surface area contributed by atoms with Gasteiger partial charge in [0.1, 0.15) is 10.6 Å². The van der Waals surface area contributed by atoms with Crippen molar-refractivity contribution in [2.45, 2.75) is 32.1 Å². The molecule has 0 unspecified atom stereocenters. The highest BCUT2D eigenvalue weighted by atomic mass is 32.1. The number of aromatic nitrogens is 1. The highest BCUT2D eigenvalue weighted by molar-refractivity contribution is 7.18. The van der Waals surface area contributed by atoms with Crippen LogP contribution < -0.4 is 15.5 Å². The third-order valence-corrected chi connectivity index (χ3v) is 5.93. The number of hydrogen-bond donors (Lipinski definition) is 2.